The zero-order chi connectivity index (χ0) is 14.2. The van der Waals surface area contributed by atoms with E-state index in [-0.39, 0.29) is 17.1 Å². The highest BCUT2D eigenvalue weighted by Gasteiger charge is 2.21. The summed E-state index contributed by atoms with van der Waals surface area (Å²) in [4.78, 5) is 9.65. The molecule has 0 aliphatic rings. The Bertz CT molecular complexity index is 637. The van der Waals surface area contributed by atoms with E-state index in [1.165, 1.54) is 19.1 Å². The number of aliphatic hydroxyl groups is 1. The van der Waals surface area contributed by atoms with Gasteiger partial charge in [-0.25, -0.2) is 4.39 Å². The SMILES string of the molecule is CC(O)c1ccc(-c2cc([N+](=O)[O-])c(F)cc2F)o1. The Morgan fingerprint density at radius 2 is 2.00 bits per heavy atom. The van der Waals surface area contributed by atoms with E-state index in [2.05, 4.69) is 0 Å². The van der Waals surface area contributed by atoms with Crippen LogP contribution in [0, 0.1) is 21.7 Å². The molecule has 2 aromatic rings. The number of rotatable bonds is 3. The monoisotopic (exact) mass is 269 g/mol. The van der Waals surface area contributed by atoms with Crippen molar-refractivity contribution in [2.75, 3.05) is 0 Å². The highest BCUT2D eigenvalue weighted by atomic mass is 19.1. The Morgan fingerprint density at radius 1 is 1.32 bits per heavy atom. The molecule has 1 aromatic carbocycles. The third kappa shape index (κ3) is 2.45. The van der Waals surface area contributed by atoms with Crippen LogP contribution in [0.3, 0.4) is 0 Å². The molecule has 1 heterocycles. The van der Waals surface area contributed by atoms with Gasteiger partial charge in [0.05, 0.1) is 10.5 Å². The second-order valence-corrected chi connectivity index (χ2v) is 3.92. The molecular formula is C12H9F2NO4. The number of hydrogen-bond acceptors (Lipinski definition) is 4. The molecule has 0 radical (unpaired) electrons. The summed E-state index contributed by atoms with van der Waals surface area (Å²) in [7, 11) is 0. The molecule has 1 aromatic heterocycles. The van der Waals surface area contributed by atoms with E-state index in [1.807, 2.05) is 0 Å². The van der Waals surface area contributed by atoms with Crippen molar-refractivity contribution in [3.63, 3.8) is 0 Å². The Hall–Kier alpha value is -2.28. The molecule has 7 heteroatoms. The van der Waals surface area contributed by atoms with Crippen molar-refractivity contribution in [1.29, 1.82) is 0 Å². The van der Waals surface area contributed by atoms with Crippen LogP contribution in [-0.4, -0.2) is 10.0 Å². The molecule has 100 valence electrons. The van der Waals surface area contributed by atoms with Gasteiger partial charge in [0.15, 0.2) is 0 Å². The van der Waals surface area contributed by atoms with Crippen molar-refractivity contribution in [3.05, 3.63) is 51.8 Å². The van der Waals surface area contributed by atoms with Gasteiger partial charge in [0.1, 0.15) is 23.4 Å². The van der Waals surface area contributed by atoms with Crippen LogP contribution in [0.4, 0.5) is 14.5 Å². The molecule has 2 rings (SSSR count). The fraction of sp³-hybridized carbons (Fsp3) is 0.167. The summed E-state index contributed by atoms with van der Waals surface area (Å²) in [5, 5.41) is 19.9. The zero-order valence-corrected chi connectivity index (χ0v) is 9.76. The van der Waals surface area contributed by atoms with E-state index < -0.39 is 28.3 Å². The third-order valence-corrected chi connectivity index (χ3v) is 2.54. The van der Waals surface area contributed by atoms with Crippen LogP contribution in [0.1, 0.15) is 18.8 Å². The van der Waals surface area contributed by atoms with Gasteiger partial charge in [0, 0.05) is 12.1 Å². The second-order valence-electron chi connectivity index (χ2n) is 3.92. The predicted molar refractivity (Wildman–Crippen MR) is 61.3 cm³/mol. The third-order valence-electron chi connectivity index (χ3n) is 2.54. The molecule has 5 nitrogen and oxygen atoms in total. The Balaban J connectivity index is 2.54. The summed E-state index contributed by atoms with van der Waals surface area (Å²) in [6.07, 6.45) is -0.896. The summed E-state index contributed by atoms with van der Waals surface area (Å²) >= 11 is 0. The van der Waals surface area contributed by atoms with Crippen LogP contribution in [0.25, 0.3) is 11.3 Å². The van der Waals surface area contributed by atoms with E-state index in [4.69, 9.17) is 4.42 Å². The molecule has 1 unspecified atom stereocenters. The lowest BCUT2D eigenvalue weighted by Crippen LogP contribution is -1.95. The quantitative estimate of drug-likeness (QED) is 0.685. The Morgan fingerprint density at radius 3 is 2.53 bits per heavy atom. The molecule has 0 saturated heterocycles. The van der Waals surface area contributed by atoms with Gasteiger partial charge in [-0.1, -0.05) is 0 Å². The van der Waals surface area contributed by atoms with Crippen LogP contribution < -0.4 is 0 Å². The molecule has 0 bridgehead atoms. The minimum absolute atomic E-state index is 0.0171. The number of nitro groups is 1. The average molecular weight is 269 g/mol. The van der Waals surface area contributed by atoms with E-state index in [9.17, 15) is 24.0 Å². The minimum Gasteiger partial charge on any atom is -0.458 e. The lowest BCUT2D eigenvalue weighted by atomic mass is 10.1. The highest BCUT2D eigenvalue weighted by molar-refractivity contribution is 5.62. The van der Waals surface area contributed by atoms with Crippen molar-refractivity contribution in [1.82, 2.24) is 0 Å². The average Bonchev–Trinajstić information content (AvgIpc) is 2.77. The zero-order valence-electron chi connectivity index (χ0n) is 9.76. The topological polar surface area (TPSA) is 76.5 Å². The Kier molecular flexibility index (Phi) is 3.30. The minimum atomic E-state index is -1.26. The van der Waals surface area contributed by atoms with Crippen LogP contribution in [0.5, 0.6) is 0 Å². The largest absolute Gasteiger partial charge is 0.458 e. The van der Waals surface area contributed by atoms with Crippen molar-refractivity contribution < 1.29 is 23.2 Å². The van der Waals surface area contributed by atoms with Crippen molar-refractivity contribution in [3.8, 4) is 11.3 Å². The summed E-state index contributed by atoms with van der Waals surface area (Å²) in [6.45, 7) is 1.45. The smallest absolute Gasteiger partial charge is 0.305 e. The molecule has 19 heavy (non-hydrogen) atoms. The number of nitro benzene ring substituents is 1. The molecule has 0 saturated carbocycles. The molecule has 1 N–H and O–H groups in total. The number of nitrogens with zero attached hydrogens (tertiary/aromatic N) is 1. The molecule has 0 aliphatic heterocycles. The van der Waals surface area contributed by atoms with E-state index in [0.29, 0.717) is 6.07 Å². The van der Waals surface area contributed by atoms with Crippen LogP contribution in [0.15, 0.2) is 28.7 Å². The number of benzene rings is 1. The standard InChI is InChI=1S/C12H9F2NO4/c1-6(16)11-2-3-12(19-11)7-4-10(15(17)18)9(14)5-8(7)13/h2-6,16H,1H3. The lowest BCUT2D eigenvalue weighted by Gasteiger charge is -2.02. The number of furan rings is 1. The summed E-state index contributed by atoms with van der Waals surface area (Å²) in [5.74, 6) is -2.07. The first-order chi connectivity index (χ1) is 8.90. The number of hydrogen-bond donors (Lipinski definition) is 1. The van der Waals surface area contributed by atoms with E-state index in [0.717, 1.165) is 6.07 Å². The van der Waals surface area contributed by atoms with E-state index in [1.54, 1.807) is 0 Å². The first-order valence-electron chi connectivity index (χ1n) is 5.31. The number of halogens is 2. The first kappa shape index (κ1) is 13.2. The van der Waals surface area contributed by atoms with Gasteiger partial charge < -0.3 is 9.52 Å². The van der Waals surface area contributed by atoms with Gasteiger partial charge in [-0.15, -0.1) is 0 Å². The lowest BCUT2D eigenvalue weighted by molar-refractivity contribution is -0.387. The van der Waals surface area contributed by atoms with Crippen molar-refractivity contribution >= 4 is 5.69 Å². The predicted octanol–water partition coefficient (Wildman–Crippen LogP) is 3.19. The normalized spacial score (nSPS) is 12.4. The molecule has 0 aliphatic carbocycles. The Labute approximate surface area is 106 Å². The summed E-state index contributed by atoms with van der Waals surface area (Å²) < 4.78 is 31.9. The fourth-order valence-corrected chi connectivity index (χ4v) is 1.59. The van der Waals surface area contributed by atoms with Gasteiger partial charge in [-0.3, -0.25) is 10.1 Å². The van der Waals surface area contributed by atoms with Gasteiger partial charge in [0.25, 0.3) is 0 Å². The summed E-state index contributed by atoms with van der Waals surface area (Å²) in [5.41, 5.74) is -1.08. The molecule has 0 spiro atoms. The molecule has 0 amide bonds. The highest BCUT2D eigenvalue weighted by Crippen LogP contribution is 2.31. The summed E-state index contributed by atoms with van der Waals surface area (Å²) in [6, 6.07) is 3.95. The van der Waals surface area contributed by atoms with Gasteiger partial charge >= 0.3 is 5.69 Å². The molecular weight excluding hydrogens is 260 g/mol. The van der Waals surface area contributed by atoms with Crippen molar-refractivity contribution in [2.45, 2.75) is 13.0 Å². The van der Waals surface area contributed by atoms with Crippen LogP contribution >= 0.6 is 0 Å². The fourth-order valence-electron chi connectivity index (χ4n) is 1.59. The maximum atomic E-state index is 13.6. The van der Waals surface area contributed by atoms with Crippen LogP contribution in [-0.2, 0) is 0 Å². The van der Waals surface area contributed by atoms with Gasteiger partial charge in [-0.2, -0.15) is 4.39 Å². The van der Waals surface area contributed by atoms with Gasteiger partial charge in [0.2, 0.25) is 5.82 Å². The van der Waals surface area contributed by atoms with Gasteiger partial charge in [-0.05, 0) is 19.1 Å². The van der Waals surface area contributed by atoms with Crippen molar-refractivity contribution in [2.24, 2.45) is 0 Å². The molecule has 0 fully saturated rings. The first-order valence-corrected chi connectivity index (χ1v) is 5.31. The second kappa shape index (κ2) is 4.77. The molecule has 1 atom stereocenters. The maximum Gasteiger partial charge on any atom is 0.305 e. The van der Waals surface area contributed by atoms with E-state index >= 15 is 0 Å². The number of aliphatic hydroxyl groups excluding tert-OH is 1. The maximum absolute atomic E-state index is 13.6. The van der Waals surface area contributed by atoms with Crippen LogP contribution in [0.2, 0.25) is 0 Å².